The topological polar surface area (TPSA) is 128 Å². The predicted octanol–water partition coefficient (Wildman–Crippen LogP) is 2.71. The summed E-state index contributed by atoms with van der Waals surface area (Å²) in [5, 5.41) is 10.1. The number of carbonyl (C=O) groups is 3. The molecule has 11 nitrogen and oxygen atoms in total. The molecule has 5 rings (SSSR count). The predicted molar refractivity (Wildman–Crippen MR) is 138 cm³/mol. The number of nitrogens with one attached hydrogen (secondary N) is 1. The number of aromatic nitrogens is 3. The third-order valence-corrected chi connectivity index (χ3v) is 7.04. The first-order chi connectivity index (χ1) is 19.4. The number of aliphatic carboxylic acids is 1. The number of halogens is 3. The number of carboxylic acid groups (broad SMARTS) is 1. The van der Waals surface area contributed by atoms with Gasteiger partial charge in [0, 0.05) is 58.1 Å². The van der Waals surface area contributed by atoms with Gasteiger partial charge in [0.25, 0.3) is 11.8 Å². The van der Waals surface area contributed by atoms with E-state index in [0.717, 1.165) is 17.1 Å². The summed E-state index contributed by atoms with van der Waals surface area (Å²) in [7, 11) is 3.49. The summed E-state index contributed by atoms with van der Waals surface area (Å²) in [6.45, 7) is 1.90. The van der Waals surface area contributed by atoms with Crippen LogP contribution < -0.4 is 10.1 Å². The number of piperidine rings is 1. The van der Waals surface area contributed by atoms with Gasteiger partial charge in [0.15, 0.2) is 6.10 Å². The van der Waals surface area contributed by atoms with Crippen molar-refractivity contribution in [3.05, 3.63) is 72.1 Å². The van der Waals surface area contributed by atoms with Gasteiger partial charge >= 0.3 is 12.1 Å². The Morgan fingerprint density at radius 1 is 1.15 bits per heavy atom. The second-order valence-corrected chi connectivity index (χ2v) is 9.67. The highest BCUT2D eigenvalue weighted by Gasteiger charge is 2.47. The smallest absolute Gasteiger partial charge is 0.490 e. The van der Waals surface area contributed by atoms with Gasteiger partial charge in [-0.3, -0.25) is 9.59 Å². The van der Waals surface area contributed by atoms with Crippen molar-refractivity contribution in [1.82, 2.24) is 24.3 Å². The van der Waals surface area contributed by atoms with Gasteiger partial charge in [-0.25, -0.2) is 9.78 Å². The zero-order valence-electron chi connectivity index (χ0n) is 22.4. The van der Waals surface area contributed by atoms with E-state index in [1.165, 1.54) is 0 Å². The summed E-state index contributed by atoms with van der Waals surface area (Å²) in [5.74, 6) is -1.30. The molecule has 0 radical (unpaired) electrons. The molecule has 0 bridgehead atoms. The Balaban J connectivity index is 0.000000493. The molecule has 0 aliphatic carbocycles. The molecular formula is C27H30F3N5O6. The lowest BCUT2D eigenvalue weighted by Crippen LogP contribution is -2.54. The van der Waals surface area contributed by atoms with E-state index >= 15 is 0 Å². The third-order valence-electron chi connectivity index (χ3n) is 7.04. The standard InChI is InChI=1S/C25H29N5O4.C2HF3O2/c1-28-12-3-4-20(28)23(32)29-13-9-25(10-14-29)24-26-11-15-30(24)17-21(34-25)22(31)27-16-18-5-7-19(33-2)8-6-18;3-2(4,5)1(6)7/h3-8,11-12,15,21H,9-10,13-14,16-17H2,1-2H3,(H,27,31);(H,6,7). The number of carbonyl (C=O) groups excluding carboxylic acids is 2. The van der Waals surface area contributed by atoms with Gasteiger partial charge in [0.05, 0.1) is 13.7 Å². The van der Waals surface area contributed by atoms with E-state index in [0.29, 0.717) is 44.7 Å². The zero-order chi connectivity index (χ0) is 29.8. The number of nitrogens with zero attached hydrogens (tertiary/aromatic N) is 4. The third kappa shape index (κ3) is 6.70. The van der Waals surface area contributed by atoms with Gasteiger partial charge in [0.2, 0.25) is 0 Å². The average Bonchev–Trinajstić information content (AvgIpc) is 3.61. The number of carboxylic acids is 1. The maximum absolute atomic E-state index is 13.1. The monoisotopic (exact) mass is 577 g/mol. The molecule has 1 saturated heterocycles. The number of benzene rings is 1. The Kier molecular flexibility index (Phi) is 8.71. The van der Waals surface area contributed by atoms with E-state index in [2.05, 4.69) is 10.3 Å². The number of rotatable bonds is 5. The molecule has 1 fully saturated rings. The van der Waals surface area contributed by atoms with Crippen molar-refractivity contribution in [3.63, 3.8) is 0 Å². The van der Waals surface area contributed by atoms with Crippen LogP contribution in [0, 0.1) is 0 Å². The van der Waals surface area contributed by atoms with Crippen LogP contribution in [-0.2, 0) is 40.1 Å². The van der Waals surface area contributed by atoms with Crippen LogP contribution in [0.5, 0.6) is 5.75 Å². The molecule has 2 aliphatic rings. The van der Waals surface area contributed by atoms with Gasteiger partial charge in [-0.05, 0) is 29.8 Å². The first-order valence-electron chi connectivity index (χ1n) is 12.7. The van der Waals surface area contributed by atoms with E-state index < -0.39 is 23.9 Å². The fraction of sp³-hybridized carbons (Fsp3) is 0.407. The SMILES string of the molecule is COc1ccc(CNC(=O)C2Cn3ccnc3C3(CCN(C(=O)c4cccn4C)CC3)O2)cc1.O=C(O)C(F)(F)F. The normalized spacial score (nSPS) is 17.7. The summed E-state index contributed by atoms with van der Waals surface area (Å²) in [5.41, 5.74) is 0.961. The molecule has 0 saturated carbocycles. The van der Waals surface area contributed by atoms with Crippen molar-refractivity contribution in [2.24, 2.45) is 7.05 Å². The number of hydrogen-bond donors (Lipinski definition) is 2. The number of amides is 2. The molecule has 2 aromatic heterocycles. The number of ether oxygens (including phenoxy) is 2. The minimum atomic E-state index is -5.08. The summed E-state index contributed by atoms with van der Waals surface area (Å²) < 4.78 is 47.2. The molecule has 3 aromatic rings. The Labute approximate surface area is 233 Å². The molecule has 41 heavy (non-hydrogen) atoms. The maximum Gasteiger partial charge on any atom is 0.490 e. The van der Waals surface area contributed by atoms with Crippen LogP contribution in [0.4, 0.5) is 13.2 Å². The van der Waals surface area contributed by atoms with Crippen LogP contribution in [0.1, 0.15) is 34.7 Å². The summed E-state index contributed by atoms with van der Waals surface area (Å²) in [6, 6.07) is 11.3. The number of fused-ring (bicyclic) bond motifs is 2. The first-order valence-corrected chi connectivity index (χ1v) is 12.7. The summed E-state index contributed by atoms with van der Waals surface area (Å²) in [4.78, 5) is 41.3. The molecule has 1 aromatic carbocycles. The molecule has 2 N–H and O–H groups in total. The number of imidazole rings is 1. The Bertz CT molecular complexity index is 1380. The van der Waals surface area contributed by atoms with Crippen molar-refractivity contribution in [2.75, 3.05) is 20.2 Å². The summed E-state index contributed by atoms with van der Waals surface area (Å²) in [6.07, 6.45) is 0.972. The Hall–Kier alpha value is -4.33. The average molecular weight is 578 g/mol. The quantitative estimate of drug-likeness (QED) is 0.477. The van der Waals surface area contributed by atoms with E-state index in [1.807, 2.05) is 69.9 Å². The number of methoxy groups -OCH3 is 1. The largest absolute Gasteiger partial charge is 0.497 e. The molecule has 14 heteroatoms. The lowest BCUT2D eigenvalue weighted by molar-refractivity contribution is -0.192. The maximum atomic E-state index is 13.1. The van der Waals surface area contributed by atoms with Crippen LogP contribution in [-0.4, -0.2) is 74.4 Å². The molecule has 220 valence electrons. The second kappa shape index (κ2) is 12.0. The van der Waals surface area contributed by atoms with Crippen LogP contribution in [0.15, 0.2) is 55.0 Å². The molecule has 2 aliphatic heterocycles. The first kappa shape index (κ1) is 29.6. The van der Waals surface area contributed by atoms with Crippen molar-refractivity contribution in [3.8, 4) is 5.75 Å². The fourth-order valence-corrected chi connectivity index (χ4v) is 4.84. The lowest BCUT2D eigenvalue weighted by atomic mass is 9.88. The van der Waals surface area contributed by atoms with Crippen molar-refractivity contribution >= 4 is 17.8 Å². The van der Waals surface area contributed by atoms with Crippen LogP contribution in [0.25, 0.3) is 0 Å². The molecule has 1 spiro atoms. The Morgan fingerprint density at radius 3 is 2.37 bits per heavy atom. The summed E-state index contributed by atoms with van der Waals surface area (Å²) >= 11 is 0. The molecular weight excluding hydrogens is 547 g/mol. The van der Waals surface area contributed by atoms with E-state index in [-0.39, 0.29) is 11.8 Å². The lowest BCUT2D eigenvalue weighted by Gasteiger charge is -2.45. The highest BCUT2D eigenvalue weighted by Crippen LogP contribution is 2.40. The Morgan fingerprint density at radius 2 is 1.80 bits per heavy atom. The number of aryl methyl sites for hydroxylation is 1. The zero-order valence-corrected chi connectivity index (χ0v) is 22.4. The van der Waals surface area contributed by atoms with E-state index in [9.17, 15) is 22.8 Å². The van der Waals surface area contributed by atoms with Crippen LogP contribution >= 0.6 is 0 Å². The highest BCUT2D eigenvalue weighted by molar-refractivity contribution is 5.92. The number of alkyl halides is 3. The van der Waals surface area contributed by atoms with E-state index in [4.69, 9.17) is 19.4 Å². The highest BCUT2D eigenvalue weighted by atomic mass is 19.4. The van der Waals surface area contributed by atoms with Gasteiger partial charge in [-0.1, -0.05) is 12.1 Å². The van der Waals surface area contributed by atoms with Gasteiger partial charge in [-0.2, -0.15) is 13.2 Å². The van der Waals surface area contributed by atoms with Gasteiger partial charge in [-0.15, -0.1) is 0 Å². The molecule has 2 amide bonds. The van der Waals surface area contributed by atoms with Crippen molar-refractivity contribution < 1.29 is 42.1 Å². The molecule has 1 atom stereocenters. The van der Waals surface area contributed by atoms with Crippen LogP contribution in [0.2, 0.25) is 0 Å². The second-order valence-electron chi connectivity index (χ2n) is 9.67. The van der Waals surface area contributed by atoms with Crippen LogP contribution in [0.3, 0.4) is 0 Å². The minimum Gasteiger partial charge on any atom is -0.497 e. The van der Waals surface area contributed by atoms with Gasteiger partial charge < -0.3 is 33.9 Å². The minimum absolute atomic E-state index is 0.00952. The van der Waals surface area contributed by atoms with Gasteiger partial charge in [0.1, 0.15) is 22.9 Å². The van der Waals surface area contributed by atoms with Crippen molar-refractivity contribution in [2.45, 2.75) is 43.8 Å². The fourth-order valence-electron chi connectivity index (χ4n) is 4.84. The van der Waals surface area contributed by atoms with E-state index in [1.54, 1.807) is 13.3 Å². The molecule has 4 heterocycles. The van der Waals surface area contributed by atoms with Crippen molar-refractivity contribution in [1.29, 1.82) is 0 Å². The molecule has 1 unspecified atom stereocenters. The number of likely N-dealkylation sites (tertiary alicyclic amines) is 1. The number of hydrogen-bond acceptors (Lipinski definition) is 6.